The number of ether oxygens (including phenoxy) is 1. The lowest BCUT2D eigenvalue weighted by atomic mass is 10.2. The van der Waals surface area contributed by atoms with Gasteiger partial charge in [0.25, 0.3) is 5.91 Å². The summed E-state index contributed by atoms with van der Waals surface area (Å²) < 4.78 is 5.38. The molecule has 3 aromatic heterocycles. The first kappa shape index (κ1) is 19.5. The van der Waals surface area contributed by atoms with E-state index < -0.39 is 0 Å². The number of rotatable bonds is 5. The molecule has 1 atom stereocenters. The highest BCUT2D eigenvalue weighted by Gasteiger charge is 2.26. The number of hydrogen-bond acceptors (Lipinski definition) is 7. The first-order valence-electron chi connectivity index (χ1n) is 10.6. The van der Waals surface area contributed by atoms with Crippen LogP contribution in [0.25, 0.3) is 11.4 Å². The summed E-state index contributed by atoms with van der Waals surface area (Å²) in [4.78, 5) is 33.7. The van der Waals surface area contributed by atoms with Crippen molar-refractivity contribution in [3.05, 3.63) is 54.5 Å². The monoisotopic (exact) mass is 419 g/mol. The maximum Gasteiger partial charge on any atom is 0.253 e. The van der Waals surface area contributed by atoms with E-state index in [2.05, 4.69) is 35.1 Å². The molecule has 0 radical (unpaired) electrons. The van der Waals surface area contributed by atoms with Crippen LogP contribution in [0.5, 0.6) is 0 Å². The van der Waals surface area contributed by atoms with Gasteiger partial charge in [0.05, 0.1) is 30.2 Å². The molecule has 31 heavy (non-hydrogen) atoms. The second-order valence-corrected chi connectivity index (χ2v) is 7.74. The molecule has 2 aliphatic rings. The van der Waals surface area contributed by atoms with E-state index in [4.69, 9.17) is 4.74 Å². The van der Waals surface area contributed by atoms with E-state index >= 15 is 0 Å². The Balaban J connectivity index is 1.19. The zero-order valence-electron chi connectivity index (χ0n) is 17.2. The molecule has 5 heterocycles. The number of aromatic amines is 1. The Morgan fingerprint density at radius 2 is 2.00 bits per heavy atom. The third-order valence-electron chi connectivity index (χ3n) is 5.67. The van der Waals surface area contributed by atoms with Crippen molar-refractivity contribution in [1.29, 1.82) is 0 Å². The van der Waals surface area contributed by atoms with Crippen LogP contribution in [0.4, 0.5) is 11.8 Å². The quantitative estimate of drug-likeness (QED) is 0.650. The molecular weight excluding hydrogens is 394 g/mol. The van der Waals surface area contributed by atoms with Crippen LogP contribution in [0.2, 0.25) is 0 Å². The third kappa shape index (κ3) is 4.36. The van der Waals surface area contributed by atoms with E-state index in [1.54, 1.807) is 12.4 Å². The lowest BCUT2D eigenvalue weighted by molar-refractivity contribution is 0.0940. The predicted molar refractivity (Wildman–Crippen MR) is 117 cm³/mol. The number of nitrogens with one attached hydrogen (secondary N) is 2. The fourth-order valence-electron chi connectivity index (χ4n) is 3.97. The summed E-state index contributed by atoms with van der Waals surface area (Å²) in [6, 6.07) is 9.60. The Kier molecular flexibility index (Phi) is 5.49. The molecule has 9 nitrogen and oxygen atoms in total. The molecular formula is C22H25N7O2. The lowest BCUT2D eigenvalue weighted by Crippen LogP contribution is -2.38. The van der Waals surface area contributed by atoms with Crippen molar-refractivity contribution >= 4 is 17.7 Å². The molecule has 3 aromatic rings. The second kappa shape index (κ2) is 8.73. The van der Waals surface area contributed by atoms with Crippen molar-refractivity contribution in [3.63, 3.8) is 0 Å². The number of aromatic nitrogens is 4. The summed E-state index contributed by atoms with van der Waals surface area (Å²) in [7, 11) is 0. The minimum atomic E-state index is -0.103. The molecule has 0 aromatic carbocycles. The molecule has 1 unspecified atom stereocenters. The van der Waals surface area contributed by atoms with Crippen LogP contribution in [-0.2, 0) is 4.74 Å². The molecule has 9 heteroatoms. The van der Waals surface area contributed by atoms with Crippen molar-refractivity contribution in [2.45, 2.75) is 12.5 Å². The van der Waals surface area contributed by atoms with E-state index in [1.807, 2.05) is 36.5 Å². The maximum atomic E-state index is 12.7. The van der Waals surface area contributed by atoms with Crippen LogP contribution in [0.3, 0.4) is 0 Å². The van der Waals surface area contributed by atoms with Crippen molar-refractivity contribution in [1.82, 2.24) is 25.3 Å². The number of nitrogens with zero attached hydrogens (tertiary/aromatic N) is 5. The van der Waals surface area contributed by atoms with Crippen molar-refractivity contribution < 1.29 is 9.53 Å². The average molecular weight is 419 g/mol. The molecule has 2 fully saturated rings. The van der Waals surface area contributed by atoms with Crippen LogP contribution in [0.15, 0.2) is 48.9 Å². The van der Waals surface area contributed by atoms with Crippen molar-refractivity contribution in [2.24, 2.45) is 0 Å². The van der Waals surface area contributed by atoms with E-state index in [1.165, 1.54) is 0 Å². The molecule has 2 N–H and O–H groups in total. The molecule has 2 saturated heterocycles. The van der Waals surface area contributed by atoms with Gasteiger partial charge in [-0.15, -0.1) is 0 Å². The molecule has 1 amide bonds. The van der Waals surface area contributed by atoms with Gasteiger partial charge in [-0.1, -0.05) is 0 Å². The van der Waals surface area contributed by atoms with E-state index in [-0.39, 0.29) is 11.9 Å². The number of carbonyl (C=O) groups excluding carboxylic acids is 1. The zero-order chi connectivity index (χ0) is 21.0. The van der Waals surface area contributed by atoms with E-state index in [0.717, 1.165) is 43.3 Å². The van der Waals surface area contributed by atoms with Gasteiger partial charge in [0.2, 0.25) is 5.95 Å². The average Bonchev–Trinajstić information content (AvgIpc) is 3.53. The van der Waals surface area contributed by atoms with Gasteiger partial charge in [0.15, 0.2) is 0 Å². The fourth-order valence-corrected chi connectivity index (χ4v) is 3.97. The Labute approximate surface area is 180 Å². The van der Waals surface area contributed by atoms with Crippen LogP contribution in [-0.4, -0.2) is 71.3 Å². The summed E-state index contributed by atoms with van der Waals surface area (Å²) in [6.07, 6.45) is 6.14. The van der Waals surface area contributed by atoms with Crippen LogP contribution < -0.4 is 15.1 Å². The van der Waals surface area contributed by atoms with Gasteiger partial charge in [-0.3, -0.25) is 4.79 Å². The molecule has 160 valence electrons. The SMILES string of the molecule is O=C(NC1CCN(c2nccc(-c3ccc[nH]3)n2)C1)c1ccc(N2CCOCC2)nc1. The number of pyridine rings is 1. The number of morpholine rings is 1. The van der Waals surface area contributed by atoms with Crippen LogP contribution in [0, 0.1) is 0 Å². The highest BCUT2D eigenvalue weighted by atomic mass is 16.5. The number of amides is 1. The second-order valence-electron chi connectivity index (χ2n) is 7.74. The molecule has 0 saturated carbocycles. The molecule has 0 aliphatic carbocycles. The largest absolute Gasteiger partial charge is 0.378 e. The van der Waals surface area contributed by atoms with Gasteiger partial charge in [-0.05, 0) is 36.8 Å². The minimum absolute atomic E-state index is 0.0455. The number of H-pyrrole nitrogens is 1. The Hall–Kier alpha value is -3.46. The molecule has 0 bridgehead atoms. The summed E-state index contributed by atoms with van der Waals surface area (Å²) >= 11 is 0. The first-order valence-corrected chi connectivity index (χ1v) is 10.6. The first-order chi connectivity index (χ1) is 15.3. The Bertz CT molecular complexity index is 1020. The van der Waals surface area contributed by atoms with Gasteiger partial charge in [-0.2, -0.15) is 0 Å². The summed E-state index contributed by atoms with van der Waals surface area (Å²) in [5.41, 5.74) is 2.38. The van der Waals surface area contributed by atoms with Gasteiger partial charge >= 0.3 is 0 Å². The maximum absolute atomic E-state index is 12.7. The third-order valence-corrected chi connectivity index (χ3v) is 5.67. The standard InChI is InChI=1S/C22H25N7O2/c30-21(16-3-4-20(25-14-16)28-10-12-31-13-11-28)26-17-6-9-29(15-17)22-24-8-5-19(27-22)18-2-1-7-23-18/h1-5,7-8,14,17,23H,6,9-13,15H2,(H,26,30). The number of hydrogen-bond donors (Lipinski definition) is 2. The van der Waals surface area contributed by atoms with Gasteiger partial charge in [-0.25, -0.2) is 15.0 Å². The Morgan fingerprint density at radius 1 is 1.10 bits per heavy atom. The minimum Gasteiger partial charge on any atom is -0.378 e. The summed E-state index contributed by atoms with van der Waals surface area (Å²) in [5, 5.41) is 3.12. The highest BCUT2D eigenvalue weighted by molar-refractivity contribution is 5.94. The Morgan fingerprint density at radius 3 is 2.77 bits per heavy atom. The predicted octanol–water partition coefficient (Wildman–Crippen LogP) is 1.71. The summed E-state index contributed by atoms with van der Waals surface area (Å²) in [6.45, 7) is 4.54. The molecule has 0 spiro atoms. The van der Waals surface area contributed by atoms with Crippen LogP contribution in [0.1, 0.15) is 16.8 Å². The smallest absolute Gasteiger partial charge is 0.253 e. The van der Waals surface area contributed by atoms with Gasteiger partial charge < -0.3 is 24.8 Å². The van der Waals surface area contributed by atoms with E-state index in [0.29, 0.717) is 31.3 Å². The van der Waals surface area contributed by atoms with E-state index in [9.17, 15) is 4.79 Å². The van der Waals surface area contributed by atoms with Crippen molar-refractivity contribution in [2.75, 3.05) is 49.2 Å². The molecule has 5 rings (SSSR count). The summed E-state index contributed by atoms with van der Waals surface area (Å²) in [5.74, 6) is 1.46. The zero-order valence-corrected chi connectivity index (χ0v) is 17.2. The lowest BCUT2D eigenvalue weighted by Gasteiger charge is -2.27. The van der Waals surface area contributed by atoms with Gasteiger partial charge in [0.1, 0.15) is 5.82 Å². The van der Waals surface area contributed by atoms with Gasteiger partial charge in [0, 0.05) is 50.8 Å². The normalized spacial score (nSPS) is 18.9. The van der Waals surface area contributed by atoms with Crippen LogP contribution >= 0.6 is 0 Å². The fraction of sp³-hybridized carbons (Fsp3) is 0.364. The number of anilines is 2. The topological polar surface area (TPSA) is 99.3 Å². The highest BCUT2D eigenvalue weighted by Crippen LogP contribution is 2.21. The van der Waals surface area contributed by atoms with Crippen molar-refractivity contribution in [3.8, 4) is 11.4 Å². The molecule has 2 aliphatic heterocycles. The number of carbonyl (C=O) groups is 1.